The first kappa shape index (κ1) is 12.6. The van der Waals surface area contributed by atoms with Crippen molar-refractivity contribution in [1.82, 2.24) is 14.5 Å². The zero-order chi connectivity index (χ0) is 13.0. The van der Waals surface area contributed by atoms with E-state index in [4.69, 9.17) is 5.26 Å². The highest BCUT2D eigenvalue weighted by molar-refractivity contribution is 5.80. The van der Waals surface area contributed by atoms with Gasteiger partial charge in [-0.25, -0.2) is 4.98 Å². The number of likely N-dealkylation sites (tertiary alicyclic amines) is 1. The van der Waals surface area contributed by atoms with Crippen LogP contribution in [-0.4, -0.2) is 33.4 Å². The van der Waals surface area contributed by atoms with Crippen LogP contribution in [0.5, 0.6) is 0 Å². The molecule has 18 heavy (non-hydrogen) atoms. The number of amides is 1. The number of imidazole rings is 1. The highest BCUT2D eigenvalue weighted by Gasteiger charge is 2.23. The molecule has 1 aliphatic heterocycles. The predicted octanol–water partition coefficient (Wildman–Crippen LogP) is 1.72. The fourth-order valence-electron chi connectivity index (χ4n) is 2.39. The van der Waals surface area contributed by atoms with E-state index in [1.807, 2.05) is 17.9 Å². The summed E-state index contributed by atoms with van der Waals surface area (Å²) in [5.74, 6) is 0.386. The third-order valence-corrected chi connectivity index (χ3v) is 3.46. The summed E-state index contributed by atoms with van der Waals surface area (Å²) in [6.45, 7) is 3.50. The van der Waals surface area contributed by atoms with Crippen LogP contribution in [0.4, 0.5) is 0 Å². The number of nitriles is 1. The number of hydrogen-bond donors (Lipinski definition) is 0. The average molecular weight is 246 g/mol. The fourth-order valence-corrected chi connectivity index (χ4v) is 2.39. The summed E-state index contributed by atoms with van der Waals surface area (Å²) in [5, 5.41) is 8.94. The van der Waals surface area contributed by atoms with Gasteiger partial charge in [-0.05, 0) is 19.8 Å². The third-order valence-electron chi connectivity index (χ3n) is 3.46. The molecule has 96 valence electrons. The van der Waals surface area contributed by atoms with Gasteiger partial charge in [0, 0.05) is 25.5 Å². The van der Waals surface area contributed by atoms with Crippen molar-refractivity contribution in [3.8, 4) is 6.07 Å². The van der Waals surface area contributed by atoms with Gasteiger partial charge in [0.25, 0.3) is 0 Å². The van der Waals surface area contributed by atoms with Crippen molar-refractivity contribution in [3.05, 3.63) is 18.2 Å². The molecule has 1 fully saturated rings. The molecule has 1 aromatic heterocycles. The highest BCUT2D eigenvalue weighted by atomic mass is 16.2. The van der Waals surface area contributed by atoms with Gasteiger partial charge in [-0.1, -0.05) is 12.8 Å². The topological polar surface area (TPSA) is 61.9 Å². The Morgan fingerprint density at radius 2 is 2.06 bits per heavy atom. The Labute approximate surface area is 107 Å². The molecule has 5 heteroatoms. The Hall–Kier alpha value is -1.83. The molecule has 0 spiro atoms. The van der Waals surface area contributed by atoms with Crippen molar-refractivity contribution in [2.75, 3.05) is 13.1 Å². The molecule has 1 saturated heterocycles. The van der Waals surface area contributed by atoms with Gasteiger partial charge in [0.1, 0.15) is 12.1 Å². The summed E-state index contributed by atoms with van der Waals surface area (Å²) in [4.78, 5) is 18.2. The van der Waals surface area contributed by atoms with Gasteiger partial charge in [0.05, 0.1) is 0 Å². The monoisotopic (exact) mass is 246 g/mol. The van der Waals surface area contributed by atoms with E-state index in [0.717, 1.165) is 25.9 Å². The minimum Gasteiger partial charge on any atom is -0.341 e. The van der Waals surface area contributed by atoms with Crippen molar-refractivity contribution in [1.29, 1.82) is 5.26 Å². The summed E-state index contributed by atoms with van der Waals surface area (Å²) < 4.78 is 1.65. The Morgan fingerprint density at radius 1 is 1.39 bits per heavy atom. The Morgan fingerprint density at radius 3 is 2.67 bits per heavy atom. The molecule has 1 aromatic rings. The summed E-state index contributed by atoms with van der Waals surface area (Å²) in [5.41, 5.74) is 0. The van der Waals surface area contributed by atoms with Crippen LogP contribution in [-0.2, 0) is 4.79 Å². The van der Waals surface area contributed by atoms with Crippen LogP contribution in [0.2, 0.25) is 0 Å². The molecular weight excluding hydrogens is 228 g/mol. The van der Waals surface area contributed by atoms with E-state index in [0.29, 0.717) is 5.82 Å². The van der Waals surface area contributed by atoms with Crippen molar-refractivity contribution < 1.29 is 4.79 Å². The number of hydrogen-bond acceptors (Lipinski definition) is 3. The van der Waals surface area contributed by atoms with E-state index in [-0.39, 0.29) is 11.9 Å². The zero-order valence-electron chi connectivity index (χ0n) is 10.7. The van der Waals surface area contributed by atoms with Gasteiger partial charge in [-0.15, -0.1) is 0 Å². The second-order valence-electron chi connectivity index (χ2n) is 4.69. The van der Waals surface area contributed by atoms with Gasteiger partial charge in [0.15, 0.2) is 0 Å². The van der Waals surface area contributed by atoms with Crippen LogP contribution in [0.25, 0.3) is 0 Å². The van der Waals surface area contributed by atoms with Crippen molar-refractivity contribution in [2.24, 2.45) is 0 Å². The van der Waals surface area contributed by atoms with Crippen molar-refractivity contribution in [3.63, 3.8) is 0 Å². The van der Waals surface area contributed by atoms with Crippen LogP contribution < -0.4 is 0 Å². The number of carbonyl (C=O) groups is 1. The standard InChI is InChI=1S/C13H18N4O/c1-11(17-9-6-15-12(17)10-14)13(18)16-7-4-2-3-5-8-16/h6,9,11H,2-5,7-8H2,1H3. The van der Waals surface area contributed by atoms with E-state index < -0.39 is 0 Å². The smallest absolute Gasteiger partial charge is 0.245 e. The molecule has 1 aliphatic rings. The van der Waals surface area contributed by atoms with E-state index in [1.54, 1.807) is 17.0 Å². The van der Waals surface area contributed by atoms with Gasteiger partial charge in [-0.2, -0.15) is 5.26 Å². The maximum Gasteiger partial charge on any atom is 0.245 e. The lowest BCUT2D eigenvalue weighted by atomic mass is 10.2. The normalized spacial score (nSPS) is 17.9. The predicted molar refractivity (Wildman–Crippen MR) is 66.7 cm³/mol. The number of nitrogens with zero attached hydrogens (tertiary/aromatic N) is 4. The minimum atomic E-state index is -0.347. The maximum absolute atomic E-state index is 12.4. The Bertz CT molecular complexity index is 452. The van der Waals surface area contributed by atoms with Crippen LogP contribution in [0.15, 0.2) is 12.4 Å². The van der Waals surface area contributed by atoms with Crippen LogP contribution in [0, 0.1) is 11.3 Å². The third kappa shape index (κ3) is 2.53. The number of rotatable bonds is 2. The lowest BCUT2D eigenvalue weighted by Crippen LogP contribution is -2.37. The SMILES string of the molecule is CC(C(=O)N1CCCCCC1)n1ccnc1C#N. The first-order chi connectivity index (χ1) is 8.74. The molecule has 0 saturated carbocycles. The lowest BCUT2D eigenvalue weighted by Gasteiger charge is -2.24. The summed E-state index contributed by atoms with van der Waals surface area (Å²) in [7, 11) is 0. The lowest BCUT2D eigenvalue weighted by molar-refractivity contribution is -0.134. The van der Waals surface area contributed by atoms with Crippen molar-refractivity contribution >= 4 is 5.91 Å². The molecule has 2 heterocycles. The van der Waals surface area contributed by atoms with Gasteiger partial charge < -0.3 is 9.47 Å². The molecule has 1 unspecified atom stereocenters. The van der Waals surface area contributed by atoms with Crippen LogP contribution in [0.3, 0.4) is 0 Å². The summed E-state index contributed by atoms with van der Waals surface area (Å²) in [6.07, 6.45) is 7.81. The molecule has 5 nitrogen and oxygen atoms in total. The molecule has 0 aliphatic carbocycles. The molecule has 0 bridgehead atoms. The summed E-state index contributed by atoms with van der Waals surface area (Å²) >= 11 is 0. The fraction of sp³-hybridized carbons (Fsp3) is 0.615. The van der Waals surface area contributed by atoms with Gasteiger partial charge in [0.2, 0.25) is 11.7 Å². The van der Waals surface area contributed by atoms with E-state index in [9.17, 15) is 4.79 Å². The molecule has 0 radical (unpaired) electrons. The second kappa shape index (κ2) is 5.67. The van der Waals surface area contributed by atoms with Gasteiger partial charge in [-0.3, -0.25) is 4.79 Å². The zero-order valence-corrected chi connectivity index (χ0v) is 10.7. The summed E-state index contributed by atoms with van der Waals surface area (Å²) in [6, 6.07) is 1.66. The number of aromatic nitrogens is 2. The molecule has 1 atom stereocenters. The van der Waals surface area contributed by atoms with Crippen molar-refractivity contribution in [2.45, 2.75) is 38.6 Å². The van der Waals surface area contributed by atoms with Gasteiger partial charge >= 0.3 is 0 Å². The minimum absolute atomic E-state index is 0.0893. The van der Waals surface area contributed by atoms with E-state index in [1.165, 1.54) is 12.8 Å². The quantitative estimate of drug-likeness (QED) is 0.798. The molecule has 0 aromatic carbocycles. The first-order valence-electron chi connectivity index (χ1n) is 6.45. The van der Waals surface area contributed by atoms with Crippen LogP contribution in [0.1, 0.15) is 44.5 Å². The maximum atomic E-state index is 12.4. The van der Waals surface area contributed by atoms with Crippen LogP contribution >= 0.6 is 0 Å². The molecule has 1 amide bonds. The highest BCUT2D eigenvalue weighted by Crippen LogP contribution is 2.16. The average Bonchev–Trinajstić information content (AvgIpc) is 2.70. The Kier molecular flexibility index (Phi) is 3.98. The first-order valence-corrected chi connectivity index (χ1v) is 6.45. The van der Waals surface area contributed by atoms with E-state index >= 15 is 0 Å². The molecular formula is C13H18N4O. The van der Waals surface area contributed by atoms with E-state index in [2.05, 4.69) is 4.98 Å². The Balaban J connectivity index is 2.10. The second-order valence-corrected chi connectivity index (χ2v) is 4.69. The molecule has 2 rings (SSSR count). The molecule has 0 N–H and O–H groups in total. The largest absolute Gasteiger partial charge is 0.341 e. The number of carbonyl (C=O) groups excluding carboxylic acids is 1.